The molecule has 21 heavy (non-hydrogen) atoms. The smallest absolute Gasteiger partial charge is 0.276 e. The fraction of sp³-hybridized carbons (Fsp3) is 0.0625. The minimum absolute atomic E-state index is 0.0613. The molecule has 5 nitrogen and oxygen atoms in total. The number of nitro groups is 1. The van der Waals surface area contributed by atoms with E-state index in [4.69, 9.17) is 4.74 Å². The number of para-hydroxylation sites is 2. The summed E-state index contributed by atoms with van der Waals surface area (Å²) in [6.07, 6.45) is 1.62. The van der Waals surface area contributed by atoms with Gasteiger partial charge in [0.05, 0.1) is 22.2 Å². The molecule has 0 atom stereocenters. The maximum Gasteiger partial charge on any atom is 0.276 e. The van der Waals surface area contributed by atoms with Crippen LogP contribution in [0.25, 0.3) is 10.9 Å². The highest BCUT2D eigenvalue weighted by Gasteiger charge is 2.12. The van der Waals surface area contributed by atoms with Gasteiger partial charge in [-0.3, -0.25) is 15.1 Å². The topological polar surface area (TPSA) is 65.3 Å². The van der Waals surface area contributed by atoms with E-state index in [2.05, 4.69) is 4.98 Å². The number of aromatic nitrogens is 1. The summed E-state index contributed by atoms with van der Waals surface area (Å²) in [5.74, 6) is 0.590. The van der Waals surface area contributed by atoms with Crippen LogP contribution in [-0.2, 0) is 6.61 Å². The van der Waals surface area contributed by atoms with Gasteiger partial charge in [0.15, 0.2) is 0 Å². The summed E-state index contributed by atoms with van der Waals surface area (Å²) in [5.41, 5.74) is 1.48. The third-order valence-electron chi connectivity index (χ3n) is 3.15. The third kappa shape index (κ3) is 2.81. The summed E-state index contributed by atoms with van der Waals surface area (Å²) in [6, 6.07) is 16.1. The van der Waals surface area contributed by atoms with E-state index >= 15 is 0 Å². The van der Waals surface area contributed by atoms with Gasteiger partial charge < -0.3 is 4.74 Å². The monoisotopic (exact) mass is 280 g/mol. The van der Waals surface area contributed by atoms with E-state index in [1.807, 2.05) is 30.3 Å². The van der Waals surface area contributed by atoms with Crippen LogP contribution >= 0.6 is 0 Å². The highest BCUT2D eigenvalue weighted by Crippen LogP contribution is 2.22. The van der Waals surface area contributed by atoms with E-state index in [1.54, 1.807) is 24.4 Å². The van der Waals surface area contributed by atoms with Gasteiger partial charge in [0, 0.05) is 11.5 Å². The molecule has 0 amide bonds. The Kier molecular flexibility index (Phi) is 3.47. The largest absolute Gasteiger partial charge is 0.487 e. The number of pyridine rings is 1. The van der Waals surface area contributed by atoms with E-state index in [0.717, 1.165) is 10.9 Å². The lowest BCUT2D eigenvalue weighted by atomic mass is 10.2. The average molecular weight is 280 g/mol. The first-order chi connectivity index (χ1) is 10.2. The Labute approximate surface area is 121 Å². The van der Waals surface area contributed by atoms with E-state index in [-0.39, 0.29) is 12.3 Å². The predicted molar refractivity (Wildman–Crippen MR) is 79.2 cm³/mol. The average Bonchev–Trinajstić information content (AvgIpc) is 2.53. The van der Waals surface area contributed by atoms with Crippen LogP contribution in [-0.4, -0.2) is 9.91 Å². The summed E-state index contributed by atoms with van der Waals surface area (Å²) < 4.78 is 5.62. The molecule has 5 heteroatoms. The SMILES string of the molecule is O=[N+]([O-])c1ccccc1COc1cnc2ccccc2c1. The van der Waals surface area contributed by atoms with Crippen LogP contribution in [0.3, 0.4) is 0 Å². The maximum absolute atomic E-state index is 10.9. The van der Waals surface area contributed by atoms with Crippen LogP contribution in [0.5, 0.6) is 5.75 Å². The zero-order valence-corrected chi connectivity index (χ0v) is 11.1. The molecule has 0 aliphatic carbocycles. The Hall–Kier alpha value is -2.95. The Morgan fingerprint density at radius 3 is 2.71 bits per heavy atom. The molecular weight excluding hydrogens is 268 g/mol. The van der Waals surface area contributed by atoms with E-state index < -0.39 is 4.92 Å². The molecule has 1 heterocycles. The first kappa shape index (κ1) is 13.1. The molecule has 0 bridgehead atoms. The number of fused-ring (bicyclic) bond motifs is 1. The first-order valence-corrected chi connectivity index (χ1v) is 6.44. The van der Waals surface area contributed by atoms with Gasteiger partial charge >= 0.3 is 0 Å². The highest BCUT2D eigenvalue weighted by molar-refractivity contribution is 5.79. The second-order valence-corrected chi connectivity index (χ2v) is 4.54. The fourth-order valence-electron chi connectivity index (χ4n) is 2.10. The molecule has 0 aliphatic heterocycles. The molecule has 0 saturated carbocycles. The minimum atomic E-state index is -0.405. The van der Waals surface area contributed by atoms with Gasteiger partial charge in [-0.05, 0) is 18.2 Å². The van der Waals surface area contributed by atoms with Crippen molar-refractivity contribution >= 4 is 16.6 Å². The van der Waals surface area contributed by atoms with Gasteiger partial charge in [-0.1, -0.05) is 30.3 Å². The summed E-state index contributed by atoms with van der Waals surface area (Å²) in [7, 11) is 0. The molecule has 0 radical (unpaired) electrons. The van der Waals surface area contributed by atoms with Gasteiger partial charge in [0.2, 0.25) is 0 Å². The van der Waals surface area contributed by atoms with E-state index in [1.165, 1.54) is 6.07 Å². The first-order valence-electron chi connectivity index (χ1n) is 6.44. The van der Waals surface area contributed by atoms with Crippen LogP contribution in [0.1, 0.15) is 5.56 Å². The number of hydrogen-bond donors (Lipinski definition) is 0. The molecule has 104 valence electrons. The van der Waals surface area contributed by atoms with Gasteiger partial charge in [-0.25, -0.2) is 0 Å². The molecule has 3 aromatic rings. The second kappa shape index (κ2) is 5.58. The zero-order valence-electron chi connectivity index (χ0n) is 11.1. The van der Waals surface area contributed by atoms with Crippen molar-refractivity contribution in [2.24, 2.45) is 0 Å². The summed E-state index contributed by atoms with van der Waals surface area (Å²) >= 11 is 0. The van der Waals surface area contributed by atoms with Crippen molar-refractivity contribution in [1.29, 1.82) is 0 Å². The van der Waals surface area contributed by atoms with Crippen molar-refractivity contribution in [2.75, 3.05) is 0 Å². The van der Waals surface area contributed by atoms with Gasteiger partial charge in [-0.15, -0.1) is 0 Å². The molecule has 0 unspecified atom stereocenters. The molecule has 0 saturated heterocycles. The van der Waals surface area contributed by atoms with Crippen LogP contribution in [0.2, 0.25) is 0 Å². The standard InChI is InChI=1S/C16H12N2O3/c19-18(20)16-8-4-2-6-13(16)11-21-14-9-12-5-1-3-7-15(12)17-10-14/h1-10H,11H2. The Morgan fingerprint density at radius 2 is 1.86 bits per heavy atom. The maximum atomic E-state index is 10.9. The fourth-order valence-corrected chi connectivity index (χ4v) is 2.10. The van der Waals surface area contributed by atoms with Crippen LogP contribution in [0.15, 0.2) is 60.8 Å². The van der Waals surface area contributed by atoms with Crippen molar-refractivity contribution in [3.63, 3.8) is 0 Å². The van der Waals surface area contributed by atoms with Gasteiger partial charge in [0.25, 0.3) is 5.69 Å². The Morgan fingerprint density at radius 1 is 1.10 bits per heavy atom. The van der Waals surface area contributed by atoms with Crippen molar-refractivity contribution < 1.29 is 9.66 Å². The molecule has 0 aliphatic rings. The number of nitro benzene ring substituents is 1. The van der Waals surface area contributed by atoms with Crippen molar-refractivity contribution in [3.05, 3.63) is 76.5 Å². The molecule has 3 rings (SSSR count). The molecule has 0 spiro atoms. The van der Waals surface area contributed by atoms with Crippen LogP contribution < -0.4 is 4.74 Å². The summed E-state index contributed by atoms with van der Waals surface area (Å²) in [4.78, 5) is 14.8. The number of benzene rings is 2. The number of hydrogen-bond acceptors (Lipinski definition) is 4. The summed E-state index contributed by atoms with van der Waals surface area (Å²) in [6.45, 7) is 0.136. The second-order valence-electron chi connectivity index (χ2n) is 4.54. The van der Waals surface area contributed by atoms with Crippen molar-refractivity contribution in [2.45, 2.75) is 6.61 Å². The highest BCUT2D eigenvalue weighted by atomic mass is 16.6. The number of ether oxygens (including phenoxy) is 1. The van der Waals surface area contributed by atoms with E-state index in [9.17, 15) is 10.1 Å². The normalized spacial score (nSPS) is 10.5. The lowest BCUT2D eigenvalue weighted by Crippen LogP contribution is -2.00. The van der Waals surface area contributed by atoms with Crippen LogP contribution in [0.4, 0.5) is 5.69 Å². The van der Waals surface area contributed by atoms with Crippen molar-refractivity contribution in [3.8, 4) is 5.75 Å². The minimum Gasteiger partial charge on any atom is -0.487 e. The Bertz CT molecular complexity index is 802. The van der Waals surface area contributed by atoms with Crippen LogP contribution in [0, 0.1) is 10.1 Å². The number of rotatable bonds is 4. The molecule has 2 aromatic carbocycles. The quantitative estimate of drug-likeness (QED) is 0.539. The van der Waals surface area contributed by atoms with Gasteiger partial charge in [0.1, 0.15) is 12.4 Å². The Balaban J connectivity index is 1.82. The molecule has 0 N–H and O–H groups in total. The lowest BCUT2D eigenvalue weighted by molar-refractivity contribution is -0.385. The van der Waals surface area contributed by atoms with E-state index in [0.29, 0.717) is 11.3 Å². The summed E-state index contributed by atoms with van der Waals surface area (Å²) in [5, 5.41) is 11.9. The lowest BCUT2D eigenvalue weighted by Gasteiger charge is -2.07. The third-order valence-corrected chi connectivity index (χ3v) is 3.15. The number of nitrogens with zero attached hydrogens (tertiary/aromatic N) is 2. The molecule has 0 fully saturated rings. The predicted octanol–water partition coefficient (Wildman–Crippen LogP) is 3.72. The zero-order chi connectivity index (χ0) is 14.7. The van der Waals surface area contributed by atoms with Gasteiger partial charge in [-0.2, -0.15) is 0 Å². The molecule has 1 aromatic heterocycles. The molecular formula is C16H12N2O3. The van der Waals surface area contributed by atoms with Crippen molar-refractivity contribution in [1.82, 2.24) is 4.98 Å².